The molecule has 4 heteroatoms. The molecule has 1 aromatic rings. The number of ether oxygens (including phenoxy) is 1. The number of hydrogen-bond donors (Lipinski definition) is 1. The molecule has 0 aliphatic carbocycles. The Morgan fingerprint density at radius 2 is 2.24 bits per heavy atom. The minimum Gasteiger partial charge on any atom is -0.388 e. The van der Waals surface area contributed by atoms with Crippen LogP contribution in [0.5, 0.6) is 0 Å². The molecule has 17 heavy (non-hydrogen) atoms. The van der Waals surface area contributed by atoms with E-state index in [0.717, 1.165) is 6.42 Å². The van der Waals surface area contributed by atoms with Crippen LogP contribution in [0.4, 0.5) is 4.39 Å². The van der Waals surface area contributed by atoms with Crippen LogP contribution in [0.3, 0.4) is 0 Å². The molecular weight excluding hydrogens is 243 g/mol. The van der Waals surface area contributed by atoms with Crippen molar-refractivity contribution in [2.24, 2.45) is 5.92 Å². The van der Waals surface area contributed by atoms with Crippen LogP contribution in [0.2, 0.25) is 5.02 Å². The number of aliphatic hydroxyl groups excluding tert-OH is 1. The summed E-state index contributed by atoms with van der Waals surface area (Å²) in [6.45, 7) is 4.16. The van der Waals surface area contributed by atoms with Gasteiger partial charge in [0.15, 0.2) is 0 Å². The molecule has 2 nitrogen and oxygen atoms in total. The molecule has 0 amide bonds. The first kappa shape index (κ1) is 12.8. The van der Waals surface area contributed by atoms with Crippen molar-refractivity contribution in [3.05, 3.63) is 34.1 Å². The monoisotopic (exact) mass is 258 g/mol. The standard InChI is InChI=1S/C13H16ClFO2/c1-7-3-10(11(14)5-12(7)15)13(16)9-4-8(2)17-6-9/h3,5,8-9,13,16H,4,6H2,1-2H3. The van der Waals surface area contributed by atoms with Crippen molar-refractivity contribution < 1.29 is 14.2 Å². The highest BCUT2D eigenvalue weighted by atomic mass is 35.5. The Labute approximate surface area is 105 Å². The molecule has 0 radical (unpaired) electrons. The average Bonchev–Trinajstić information content (AvgIpc) is 2.69. The first-order chi connectivity index (χ1) is 7.99. The van der Waals surface area contributed by atoms with E-state index in [-0.39, 0.29) is 22.9 Å². The summed E-state index contributed by atoms with van der Waals surface area (Å²) in [6, 6.07) is 2.87. The van der Waals surface area contributed by atoms with Crippen molar-refractivity contribution in [3.8, 4) is 0 Å². The molecule has 2 rings (SSSR count). The van der Waals surface area contributed by atoms with Gasteiger partial charge in [0, 0.05) is 10.9 Å². The van der Waals surface area contributed by atoms with Crippen molar-refractivity contribution in [2.45, 2.75) is 32.5 Å². The van der Waals surface area contributed by atoms with Gasteiger partial charge in [0.25, 0.3) is 0 Å². The molecule has 0 bridgehead atoms. The third-order valence-electron chi connectivity index (χ3n) is 3.27. The third kappa shape index (κ3) is 2.62. The zero-order chi connectivity index (χ0) is 12.6. The van der Waals surface area contributed by atoms with Crippen LogP contribution in [0.15, 0.2) is 12.1 Å². The van der Waals surface area contributed by atoms with E-state index in [1.165, 1.54) is 6.07 Å². The van der Waals surface area contributed by atoms with E-state index in [1.807, 2.05) is 6.92 Å². The van der Waals surface area contributed by atoms with Crippen LogP contribution in [-0.4, -0.2) is 17.8 Å². The summed E-state index contributed by atoms with van der Waals surface area (Å²) in [5.41, 5.74) is 1.09. The summed E-state index contributed by atoms with van der Waals surface area (Å²) in [5, 5.41) is 10.5. The predicted molar refractivity (Wildman–Crippen MR) is 64.6 cm³/mol. The van der Waals surface area contributed by atoms with Crippen LogP contribution in [-0.2, 0) is 4.74 Å². The molecule has 1 aliphatic heterocycles. The molecule has 1 heterocycles. The van der Waals surface area contributed by atoms with Gasteiger partial charge < -0.3 is 9.84 Å². The van der Waals surface area contributed by atoms with Crippen LogP contribution >= 0.6 is 11.6 Å². The van der Waals surface area contributed by atoms with E-state index >= 15 is 0 Å². The van der Waals surface area contributed by atoms with Gasteiger partial charge in [0.1, 0.15) is 5.82 Å². The van der Waals surface area contributed by atoms with E-state index < -0.39 is 6.10 Å². The summed E-state index contributed by atoms with van der Waals surface area (Å²) in [5.74, 6) is -0.311. The molecule has 1 saturated heterocycles. The summed E-state index contributed by atoms with van der Waals surface area (Å²) in [4.78, 5) is 0. The molecule has 94 valence electrons. The maximum absolute atomic E-state index is 13.3. The highest BCUT2D eigenvalue weighted by Gasteiger charge is 2.30. The molecule has 3 unspecified atom stereocenters. The van der Waals surface area contributed by atoms with Gasteiger partial charge in [-0.25, -0.2) is 4.39 Å². The number of halogens is 2. The lowest BCUT2D eigenvalue weighted by Crippen LogP contribution is -2.13. The van der Waals surface area contributed by atoms with Crippen molar-refractivity contribution >= 4 is 11.6 Å². The second-order valence-corrected chi connectivity index (χ2v) is 5.11. The molecule has 1 aliphatic rings. The quantitative estimate of drug-likeness (QED) is 0.882. The van der Waals surface area contributed by atoms with Gasteiger partial charge >= 0.3 is 0 Å². The molecular formula is C13H16ClFO2. The zero-order valence-electron chi connectivity index (χ0n) is 9.91. The predicted octanol–water partition coefficient (Wildman–Crippen LogP) is 3.25. The van der Waals surface area contributed by atoms with E-state index in [1.54, 1.807) is 13.0 Å². The van der Waals surface area contributed by atoms with Gasteiger partial charge in [0.05, 0.1) is 18.8 Å². The lowest BCUT2D eigenvalue weighted by atomic mass is 9.92. The fourth-order valence-corrected chi connectivity index (χ4v) is 2.49. The van der Waals surface area contributed by atoms with Gasteiger partial charge in [-0.2, -0.15) is 0 Å². The molecule has 1 N–H and O–H groups in total. The van der Waals surface area contributed by atoms with Crippen molar-refractivity contribution in [3.63, 3.8) is 0 Å². The Kier molecular flexibility index (Phi) is 3.71. The van der Waals surface area contributed by atoms with Gasteiger partial charge in [-0.15, -0.1) is 0 Å². The number of aryl methyl sites for hydroxylation is 1. The van der Waals surface area contributed by atoms with E-state index in [4.69, 9.17) is 16.3 Å². The number of hydrogen-bond acceptors (Lipinski definition) is 2. The Hall–Kier alpha value is -0.640. The van der Waals surface area contributed by atoms with Gasteiger partial charge in [-0.1, -0.05) is 11.6 Å². The second kappa shape index (κ2) is 4.92. The summed E-state index contributed by atoms with van der Waals surface area (Å²) in [6.07, 6.45) is 0.273. The van der Waals surface area contributed by atoms with Crippen molar-refractivity contribution in [1.29, 1.82) is 0 Å². The minimum absolute atomic E-state index is 0.0346. The second-order valence-electron chi connectivity index (χ2n) is 4.71. The largest absolute Gasteiger partial charge is 0.388 e. The summed E-state index contributed by atoms with van der Waals surface area (Å²) < 4.78 is 18.7. The first-order valence-electron chi connectivity index (χ1n) is 5.74. The Balaban J connectivity index is 2.24. The summed E-state index contributed by atoms with van der Waals surface area (Å²) >= 11 is 5.97. The molecule has 1 fully saturated rings. The molecule has 1 aromatic carbocycles. The summed E-state index contributed by atoms with van der Waals surface area (Å²) in [7, 11) is 0. The van der Waals surface area contributed by atoms with Crippen molar-refractivity contribution in [1.82, 2.24) is 0 Å². The normalized spacial score (nSPS) is 26.2. The highest BCUT2D eigenvalue weighted by molar-refractivity contribution is 6.31. The van der Waals surface area contributed by atoms with Crippen LogP contribution in [0, 0.1) is 18.7 Å². The van der Waals surface area contributed by atoms with Gasteiger partial charge in [-0.3, -0.25) is 0 Å². The first-order valence-corrected chi connectivity index (χ1v) is 6.12. The van der Waals surface area contributed by atoms with E-state index in [9.17, 15) is 9.50 Å². The minimum atomic E-state index is -0.688. The smallest absolute Gasteiger partial charge is 0.127 e. The maximum Gasteiger partial charge on any atom is 0.127 e. The highest BCUT2D eigenvalue weighted by Crippen LogP contribution is 2.35. The van der Waals surface area contributed by atoms with Crippen LogP contribution in [0.25, 0.3) is 0 Å². The van der Waals surface area contributed by atoms with Crippen LogP contribution in [0.1, 0.15) is 30.6 Å². The number of benzene rings is 1. The Bertz CT molecular complexity index is 422. The lowest BCUT2D eigenvalue weighted by Gasteiger charge is -2.19. The molecule has 0 aromatic heterocycles. The van der Waals surface area contributed by atoms with Gasteiger partial charge in [-0.05, 0) is 43.5 Å². The van der Waals surface area contributed by atoms with Crippen molar-refractivity contribution in [2.75, 3.05) is 6.61 Å². The Morgan fingerprint density at radius 3 is 2.82 bits per heavy atom. The topological polar surface area (TPSA) is 29.5 Å². The maximum atomic E-state index is 13.3. The lowest BCUT2D eigenvalue weighted by molar-refractivity contribution is 0.0804. The van der Waals surface area contributed by atoms with Crippen LogP contribution < -0.4 is 0 Å². The number of rotatable bonds is 2. The van der Waals surface area contributed by atoms with E-state index in [0.29, 0.717) is 17.7 Å². The molecule has 3 atom stereocenters. The zero-order valence-corrected chi connectivity index (χ0v) is 10.7. The third-order valence-corrected chi connectivity index (χ3v) is 3.60. The Morgan fingerprint density at radius 1 is 1.53 bits per heavy atom. The average molecular weight is 259 g/mol. The van der Waals surface area contributed by atoms with E-state index in [2.05, 4.69) is 0 Å². The fourth-order valence-electron chi connectivity index (χ4n) is 2.23. The SMILES string of the molecule is Cc1cc(C(O)C2COC(C)C2)c(Cl)cc1F. The molecule has 0 spiro atoms. The number of aliphatic hydroxyl groups is 1. The fraction of sp³-hybridized carbons (Fsp3) is 0.538. The molecule has 0 saturated carbocycles. The van der Waals surface area contributed by atoms with Gasteiger partial charge in [0.2, 0.25) is 0 Å².